The molecule has 0 aromatic rings. The van der Waals surface area contributed by atoms with E-state index in [1.807, 2.05) is 0 Å². The maximum atomic E-state index is 10.7. The summed E-state index contributed by atoms with van der Waals surface area (Å²) in [4.78, 5) is 10.7. The van der Waals surface area contributed by atoms with Crippen molar-refractivity contribution < 1.29 is 4.79 Å². The highest BCUT2D eigenvalue weighted by Gasteiger charge is 2.21. The highest BCUT2D eigenvalue weighted by atomic mass is 16.2. The minimum Gasteiger partial charge on any atom is -0.354 e. The van der Waals surface area contributed by atoms with Crippen molar-refractivity contribution in [1.29, 1.82) is 0 Å². The number of carbonyl (C=O) groups is 1. The Morgan fingerprint density at radius 2 is 2.44 bits per heavy atom. The lowest BCUT2D eigenvalue weighted by Crippen LogP contribution is -2.48. The molecule has 1 rings (SSSR count). The van der Waals surface area contributed by atoms with Gasteiger partial charge in [-0.05, 0) is 12.3 Å². The molecule has 0 aromatic carbocycles. The predicted octanol–water partition coefficient (Wildman–Crippen LogP) is -0.530. The summed E-state index contributed by atoms with van der Waals surface area (Å²) in [5.41, 5.74) is 5.46. The Bertz CT molecular complexity index is 124. The highest BCUT2D eigenvalue weighted by Crippen LogP contribution is 2.07. The van der Waals surface area contributed by atoms with Crippen LogP contribution in [0.5, 0.6) is 0 Å². The van der Waals surface area contributed by atoms with Gasteiger partial charge in [0.05, 0.1) is 6.04 Å². The summed E-state index contributed by atoms with van der Waals surface area (Å²) < 4.78 is 0. The maximum Gasteiger partial charge on any atom is 0.236 e. The molecule has 1 saturated heterocycles. The van der Waals surface area contributed by atoms with E-state index in [-0.39, 0.29) is 11.9 Å². The van der Waals surface area contributed by atoms with Crippen LogP contribution >= 0.6 is 0 Å². The monoisotopic (exact) mass is 128 g/mol. The molecule has 0 bridgehead atoms. The molecule has 0 spiro atoms. The molecule has 9 heavy (non-hydrogen) atoms. The topological polar surface area (TPSA) is 55.1 Å². The van der Waals surface area contributed by atoms with Crippen LogP contribution in [-0.2, 0) is 4.79 Å². The second-order valence-corrected chi connectivity index (χ2v) is 2.69. The summed E-state index contributed by atoms with van der Waals surface area (Å²) >= 11 is 0. The maximum absolute atomic E-state index is 10.7. The molecule has 0 radical (unpaired) electrons. The molecular weight excluding hydrogens is 116 g/mol. The lowest BCUT2D eigenvalue weighted by Gasteiger charge is -2.23. The number of amides is 1. The van der Waals surface area contributed by atoms with Crippen LogP contribution in [0, 0.1) is 5.92 Å². The lowest BCUT2D eigenvalue weighted by molar-refractivity contribution is -0.124. The molecule has 2 atom stereocenters. The predicted molar refractivity (Wildman–Crippen MR) is 34.8 cm³/mol. The van der Waals surface area contributed by atoms with Gasteiger partial charge in [-0.15, -0.1) is 0 Å². The van der Waals surface area contributed by atoms with Gasteiger partial charge >= 0.3 is 0 Å². The van der Waals surface area contributed by atoms with E-state index in [4.69, 9.17) is 5.73 Å². The van der Waals surface area contributed by atoms with Gasteiger partial charge in [0.25, 0.3) is 0 Å². The SMILES string of the molecule is C[C@@H]1CNC(=O)[C@@H](N)C1. The van der Waals surface area contributed by atoms with Gasteiger partial charge < -0.3 is 11.1 Å². The van der Waals surface area contributed by atoms with Crippen molar-refractivity contribution >= 4 is 5.91 Å². The molecule has 3 nitrogen and oxygen atoms in total. The summed E-state index contributed by atoms with van der Waals surface area (Å²) in [6.45, 7) is 2.87. The fraction of sp³-hybridized carbons (Fsp3) is 0.833. The minimum absolute atomic E-state index is 0.00639. The normalized spacial score (nSPS) is 36.0. The van der Waals surface area contributed by atoms with Crippen LogP contribution in [0.25, 0.3) is 0 Å². The zero-order chi connectivity index (χ0) is 6.85. The van der Waals surface area contributed by atoms with E-state index in [1.54, 1.807) is 0 Å². The first-order valence-corrected chi connectivity index (χ1v) is 3.23. The van der Waals surface area contributed by atoms with Crippen LogP contribution < -0.4 is 11.1 Å². The Kier molecular flexibility index (Phi) is 1.71. The standard InChI is InChI=1S/C6H12N2O/c1-4-2-5(7)6(9)8-3-4/h4-5H,2-3,7H2,1H3,(H,8,9)/t4-,5-/m0/s1. The second kappa shape index (κ2) is 2.35. The summed E-state index contributed by atoms with van der Waals surface area (Å²) in [5, 5.41) is 2.72. The van der Waals surface area contributed by atoms with Crippen molar-refractivity contribution in [3.63, 3.8) is 0 Å². The summed E-state index contributed by atoms with van der Waals surface area (Å²) in [6.07, 6.45) is 0.825. The molecule has 3 N–H and O–H groups in total. The van der Waals surface area contributed by atoms with Crippen LogP contribution in [0.2, 0.25) is 0 Å². The van der Waals surface area contributed by atoms with E-state index in [0.717, 1.165) is 13.0 Å². The Morgan fingerprint density at radius 3 is 2.89 bits per heavy atom. The number of piperidine rings is 1. The van der Waals surface area contributed by atoms with Crippen molar-refractivity contribution in [3.05, 3.63) is 0 Å². The van der Waals surface area contributed by atoms with E-state index in [0.29, 0.717) is 5.92 Å². The van der Waals surface area contributed by atoms with Gasteiger partial charge in [-0.3, -0.25) is 4.79 Å². The quantitative estimate of drug-likeness (QED) is 0.461. The number of rotatable bonds is 0. The van der Waals surface area contributed by atoms with Gasteiger partial charge in [0.15, 0.2) is 0 Å². The van der Waals surface area contributed by atoms with Crippen LogP contribution in [0.3, 0.4) is 0 Å². The molecule has 1 heterocycles. The molecule has 1 fully saturated rings. The number of hydrogen-bond donors (Lipinski definition) is 2. The van der Waals surface area contributed by atoms with Crippen molar-refractivity contribution in [2.75, 3.05) is 6.54 Å². The number of carbonyl (C=O) groups excluding carboxylic acids is 1. The van der Waals surface area contributed by atoms with E-state index in [1.165, 1.54) is 0 Å². The van der Waals surface area contributed by atoms with Gasteiger partial charge in [0, 0.05) is 6.54 Å². The molecule has 3 heteroatoms. The zero-order valence-corrected chi connectivity index (χ0v) is 5.55. The Labute approximate surface area is 54.6 Å². The van der Waals surface area contributed by atoms with Crippen LogP contribution in [0.1, 0.15) is 13.3 Å². The number of hydrogen-bond acceptors (Lipinski definition) is 2. The summed E-state index contributed by atoms with van der Waals surface area (Å²) in [5.74, 6) is 0.533. The van der Waals surface area contributed by atoms with E-state index in [2.05, 4.69) is 12.2 Å². The molecule has 0 saturated carbocycles. The van der Waals surface area contributed by atoms with Gasteiger partial charge in [-0.2, -0.15) is 0 Å². The first-order chi connectivity index (χ1) is 4.20. The molecule has 0 unspecified atom stereocenters. The molecule has 0 aliphatic carbocycles. The van der Waals surface area contributed by atoms with E-state index in [9.17, 15) is 4.79 Å². The lowest BCUT2D eigenvalue weighted by atomic mass is 9.98. The van der Waals surface area contributed by atoms with Crippen molar-refractivity contribution in [1.82, 2.24) is 5.32 Å². The second-order valence-electron chi connectivity index (χ2n) is 2.69. The Hall–Kier alpha value is -0.570. The van der Waals surface area contributed by atoms with Crippen molar-refractivity contribution in [3.8, 4) is 0 Å². The molecule has 1 amide bonds. The van der Waals surface area contributed by atoms with E-state index >= 15 is 0 Å². The van der Waals surface area contributed by atoms with Crippen LogP contribution in [0.15, 0.2) is 0 Å². The minimum atomic E-state index is -0.270. The van der Waals surface area contributed by atoms with Crippen LogP contribution in [-0.4, -0.2) is 18.5 Å². The van der Waals surface area contributed by atoms with Gasteiger partial charge in [-0.25, -0.2) is 0 Å². The molecule has 1 aliphatic rings. The summed E-state index contributed by atoms with van der Waals surface area (Å²) in [7, 11) is 0. The van der Waals surface area contributed by atoms with Gasteiger partial charge in [0.2, 0.25) is 5.91 Å². The van der Waals surface area contributed by atoms with Gasteiger partial charge in [0.1, 0.15) is 0 Å². The van der Waals surface area contributed by atoms with E-state index < -0.39 is 0 Å². The fourth-order valence-electron chi connectivity index (χ4n) is 1.03. The first-order valence-electron chi connectivity index (χ1n) is 3.23. The average molecular weight is 128 g/mol. The molecule has 0 aromatic heterocycles. The van der Waals surface area contributed by atoms with Gasteiger partial charge in [-0.1, -0.05) is 6.92 Å². The summed E-state index contributed by atoms with van der Waals surface area (Å²) in [6, 6.07) is -0.270. The fourth-order valence-corrected chi connectivity index (χ4v) is 1.03. The van der Waals surface area contributed by atoms with Crippen LogP contribution in [0.4, 0.5) is 0 Å². The average Bonchev–Trinajstić information content (AvgIpc) is 1.80. The third-order valence-electron chi connectivity index (χ3n) is 1.62. The highest BCUT2D eigenvalue weighted by molar-refractivity contribution is 5.82. The third kappa shape index (κ3) is 1.42. The molecule has 52 valence electrons. The molecule has 1 aliphatic heterocycles. The number of nitrogens with two attached hydrogens (primary N) is 1. The Balaban J connectivity index is 2.44. The zero-order valence-electron chi connectivity index (χ0n) is 5.55. The Morgan fingerprint density at radius 1 is 1.78 bits per heavy atom. The van der Waals surface area contributed by atoms with Crippen molar-refractivity contribution in [2.45, 2.75) is 19.4 Å². The first kappa shape index (κ1) is 6.55. The molecular formula is C6H12N2O. The number of nitrogens with one attached hydrogen (secondary N) is 1. The third-order valence-corrected chi connectivity index (χ3v) is 1.62. The smallest absolute Gasteiger partial charge is 0.236 e. The largest absolute Gasteiger partial charge is 0.354 e. The van der Waals surface area contributed by atoms with Crippen molar-refractivity contribution in [2.24, 2.45) is 11.7 Å².